The number of benzene rings is 2. The number of rotatable bonds is 11. The zero-order valence-corrected chi connectivity index (χ0v) is 28.1. The highest BCUT2D eigenvalue weighted by molar-refractivity contribution is 5.72. The number of nitrogens with one attached hydrogen (secondary N) is 1. The lowest BCUT2D eigenvalue weighted by atomic mass is 9.89. The minimum absolute atomic E-state index is 0.0142. The van der Waals surface area contributed by atoms with Crippen molar-refractivity contribution in [2.45, 2.75) is 97.2 Å². The summed E-state index contributed by atoms with van der Waals surface area (Å²) < 4.78 is 131. The number of esters is 1. The molecular formula is C33H43F9N2O5. The SMILES string of the molecule is CC.CCN(C)c1ccc(OC(F)(F)F)cc1CNC(C)C(OC=O)c1cc(C(F)(F)F)cc(C(F)(F)F)c1.COC(=O)C1CCCCC1. The zero-order valence-electron chi connectivity index (χ0n) is 28.1. The molecule has 0 heterocycles. The number of anilines is 1. The van der Waals surface area contributed by atoms with Gasteiger partial charge in [0.1, 0.15) is 11.9 Å². The molecule has 0 aliphatic heterocycles. The number of methoxy groups -OCH3 is 1. The summed E-state index contributed by atoms with van der Waals surface area (Å²) in [5.74, 6) is -0.336. The maximum absolute atomic E-state index is 13.3. The van der Waals surface area contributed by atoms with Gasteiger partial charge in [0.25, 0.3) is 6.47 Å². The van der Waals surface area contributed by atoms with Gasteiger partial charge in [0.15, 0.2) is 0 Å². The zero-order chi connectivity index (χ0) is 37.6. The topological polar surface area (TPSA) is 77.1 Å². The number of halogens is 9. The molecule has 1 fully saturated rings. The van der Waals surface area contributed by atoms with Crippen molar-refractivity contribution in [3.63, 3.8) is 0 Å². The number of alkyl halides is 9. The van der Waals surface area contributed by atoms with Crippen molar-refractivity contribution in [1.29, 1.82) is 0 Å². The van der Waals surface area contributed by atoms with Crippen molar-refractivity contribution in [1.82, 2.24) is 5.32 Å². The van der Waals surface area contributed by atoms with E-state index < -0.39 is 53.3 Å². The smallest absolute Gasteiger partial charge is 0.469 e. The molecular weight excluding hydrogens is 675 g/mol. The van der Waals surface area contributed by atoms with E-state index in [9.17, 15) is 49.1 Å². The highest BCUT2D eigenvalue weighted by Crippen LogP contribution is 2.39. The molecule has 2 aromatic carbocycles. The highest BCUT2D eigenvalue weighted by Gasteiger charge is 2.38. The monoisotopic (exact) mass is 718 g/mol. The molecule has 2 aromatic rings. The molecule has 0 amide bonds. The molecule has 1 aliphatic carbocycles. The Hall–Kier alpha value is -3.69. The van der Waals surface area contributed by atoms with Gasteiger partial charge in [-0.05, 0) is 74.2 Å². The third kappa shape index (κ3) is 14.4. The Bertz CT molecular complexity index is 1280. The van der Waals surface area contributed by atoms with E-state index in [0.29, 0.717) is 24.4 Å². The molecule has 0 radical (unpaired) electrons. The number of hydrogen-bond acceptors (Lipinski definition) is 7. The molecule has 2 atom stereocenters. The van der Waals surface area contributed by atoms with Crippen LogP contribution in [0.25, 0.3) is 0 Å². The Kier molecular flexibility index (Phi) is 17.2. The summed E-state index contributed by atoms with van der Waals surface area (Å²) in [5.41, 5.74) is -2.99. The van der Waals surface area contributed by atoms with E-state index in [1.54, 1.807) is 18.9 Å². The molecule has 1 saturated carbocycles. The van der Waals surface area contributed by atoms with Gasteiger partial charge in [-0.25, -0.2) is 0 Å². The third-order valence-electron chi connectivity index (χ3n) is 7.52. The third-order valence-corrected chi connectivity index (χ3v) is 7.52. The van der Waals surface area contributed by atoms with Crippen LogP contribution in [0.3, 0.4) is 0 Å². The molecule has 1 aliphatic rings. The van der Waals surface area contributed by atoms with Crippen LogP contribution >= 0.6 is 0 Å². The van der Waals surface area contributed by atoms with Gasteiger partial charge in [-0.2, -0.15) is 26.3 Å². The van der Waals surface area contributed by atoms with Gasteiger partial charge in [0.2, 0.25) is 0 Å². The molecule has 0 spiro atoms. The Morgan fingerprint density at radius 2 is 1.49 bits per heavy atom. The van der Waals surface area contributed by atoms with Gasteiger partial charge in [-0.1, -0.05) is 33.1 Å². The van der Waals surface area contributed by atoms with Crippen LogP contribution in [0.5, 0.6) is 5.75 Å². The first kappa shape index (κ1) is 43.3. The van der Waals surface area contributed by atoms with Gasteiger partial charge in [0, 0.05) is 31.9 Å². The number of hydrogen-bond donors (Lipinski definition) is 1. The van der Waals surface area contributed by atoms with E-state index >= 15 is 0 Å². The van der Waals surface area contributed by atoms with Crippen molar-refractivity contribution in [3.8, 4) is 5.75 Å². The predicted molar refractivity (Wildman–Crippen MR) is 165 cm³/mol. The van der Waals surface area contributed by atoms with Gasteiger partial charge < -0.3 is 24.4 Å². The van der Waals surface area contributed by atoms with Gasteiger partial charge in [-0.3, -0.25) is 9.59 Å². The maximum atomic E-state index is 13.3. The van der Waals surface area contributed by atoms with Crippen LogP contribution in [0.4, 0.5) is 45.2 Å². The second kappa shape index (κ2) is 19.5. The van der Waals surface area contributed by atoms with Crippen molar-refractivity contribution in [2.24, 2.45) is 5.92 Å². The summed E-state index contributed by atoms with van der Waals surface area (Å²) in [6, 6.07) is 3.32. The van der Waals surface area contributed by atoms with Gasteiger partial charge in [-0.15, -0.1) is 13.2 Å². The molecule has 16 heteroatoms. The van der Waals surface area contributed by atoms with Crippen LogP contribution in [0, 0.1) is 5.92 Å². The molecule has 2 unspecified atom stereocenters. The highest BCUT2D eigenvalue weighted by atomic mass is 19.4. The molecule has 0 bridgehead atoms. The van der Waals surface area contributed by atoms with E-state index in [1.165, 1.54) is 39.4 Å². The van der Waals surface area contributed by atoms with Crippen LogP contribution in [0.15, 0.2) is 36.4 Å². The van der Waals surface area contributed by atoms with Crippen LogP contribution in [0.2, 0.25) is 0 Å². The maximum Gasteiger partial charge on any atom is 0.573 e. The summed E-state index contributed by atoms with van der Waals surface area (Å²) in [7, 11) is 3.13. The van der Waals surface area contributed by atoms with E-state index in [-0.39, 0.29) is 36.5 Å². The molecule has 0 aromatic heterocycles. The standard InChI is InChI=1S/C23H23F9N2O3.C8H14O2.C2H6/c1-4-34(3)19-6-5-18(37-23(30,31)32)9-15(19)11-33-13(2)20(36-12-35)14-7-16(21(24,25)26)10-17(8-14)22(27,28)29;1-10-8(9)7-5-3-2-4-6-7;1-2/h5-10,12-13,20,33H,4,11H2,1-3H3;7H,2-6H2,1H3;1-2H3. The minimum atomic E-state index is -5.11. The summed E-state index contributed by atoms with van der Waals surface area (Å²) in [6.45, 7) is 7.26. The normalized spacial score (nSPS) is 15.0. The number of nitrogens with zero attached hydrogens (tertiary/aromatic N) is 1. The Labute approximate surface area is 280 Å². The fraction of sp³-hybridized carbons (Fsp3) is 0.576. The first-order valence-corrected chi connectivity index (χ1v) is 15.6. The molecule has 278 valence electrons. The van der Waals surface area contributed by atoms with E-state index in [4.69, 9.17) is 4.74 Å². The van der Waals surface area contributed by atoms with Crippen LogP contribution < -0.4 is 15.0 Å². The lowest BCUT2D eigenvalue weighted by molar-refractivity contribution is -0.274. The first-order chi connectivity index (χ1) is 22.8. The number of carbonyl (C=O) groups is 2. The number of carbonyl (C=O) groups excluding carboxylic acids is 2. The first-order valence-electron chi connectivity index (χ1n) is 15.6. The minimum Gasteiger partial charge on any atom is -0.469 e. The summed E-state index contributed by atoms with van der Waals surface area (Å²) in [4.78, 5) is 23.7. The van der Waals surface area contributed by atoms with Crippen molar-refractivity contribution < 1.29 is 63.3 Å². The molecule has 0 saturated heterocycles. The summed E-state index contributed by atoms with van der Waals surface area (Å²) in [5, 5.41) is 2.80. The predicted octanol–water partition coefficient (Wildman–Crippen LogP) is 9.24. The van der Waals surface area contributed by atoms with Gasteiger partial charge in [0.05, 0.1) is 24.2 Å². The van der Waals surface area contributed by atoms with Crippen molar-refractivity contribution in [3.05, 3.63) is 58.7 Å². The van der Waals surface area contributed by atoms with Crippen molar-refractivity contribution >= 4 is 18.1 Å². The Morgan fingerprint density at radius 1 is 0.939 bits per heavy atom. The lowest BCUT2D eigenvalue weighted by Crippen LogP contribution is -2.34. The average molecular weight is 719 g/mol. The van der Waals surface area contributed by atoms with E-state index in [0.717, 1.165) is 25.0 Å². The largest absolute Gasteiger partial charge is 0.573 e. The van der Waals surface area contributed by atoms with Gasteiger partial charge >= 0.3 is 24.7 Å². The quantitative estimate of drug-likeness (QED) is 0.141. The summed E-state index contributed by atoms with van der Waals surface area (Å²) >= 11 is 0. The second-order valence-electron chi connectivity index (χ2n) is 10.9. The molecule has 49 heavy (non-hydrogen) atoms. The average Bonchev–Trinajstić information content (AvgIpc) is 3.05. The van der Waals surface area contributed by atoms with E-state index in [2.05, 4.69) is 14.8 Å². The fourth-order valence-electron chi connectivity index (χ4n) is 5.01. The molecule has 1 N–H and O–H groups in total. The molecule has 7 nitrogen and oxygen atoms in total. The van der Waals surface area contributed by atoms with Crippen LogP contribution in [0.1, 0.15) is 88.2 Å². The van der Waals surface area contributed by atoms with Crippen LogP contribution in [-0.2, 0) is 38.0 Å². The Balaban J connectivity index is 0.000000844. The van der Waals surface area contributed by atoms with Crippen LogP contribution in [-0.4, -0.2) is 45.5 Å². The molecule has 3 rings (SSSR count). The second-order valence-corrected chi connectivity index (χ2v) is 10.9. The Morgan fingerprint density at radius 3 is 1.94 bits per heavy atom. The van der Waals surface area contributed by atoms with E-state index in [1.807, 2.05) is 13.8 Å². The lowest BCUT2D eigenvalue weighted by Gasteiger charge is -2.27. The summed E-state index contributed by atoms with van der Waals surface area (Å²) in [6.07, 6.45) is -11.0. The van der Waals surface area contributed by atoms with Crippen molar-refractivity contribution in [2.75, 3.05) is 25.6 Å². The number of ether oxygens (including phenoxy) is 3. The fourth-order valence-corrected chi connectivity index (χ4v) is 5.01.